The maximum atomic E-state index is 13.1. The highest BCUT2D eigenvalue weighted by Gasteiger charge is 2.14. The number of likely N-dealkylation sites (N-methyl/N-ethyl adjacent to an activating group) is 2. The monoisotopic (exact) mass is 592 g/mol. The number of carbonyl (C=O) groups excluding carboxylic acids is 2. The predicted octanol–water partition coefficient (Wildman–Crippen LogP) is 5.17. The molecule has 0 atom stereocenters. The summed E-state index contributed by atoms with van der Waals surface area (Å²) >= 11 is 0. The van der Waals surface area contributed by atoms with Crippen LogP contribution in [0.2, 0.25) is 0 Å². The summed E-state index contributed by atoms with van der Waals surface area (Å²) in [6.07, 6.45) is 0. The second-order valence-electron chi connectivity index (χ2n) is 10.9. The Bertz CT molecular complexity index is 1620. The first-order chi connectivity index (χ1) is 21.2. The van der Waals surface area contributed by atoms with E-state index in [4.69, 9.17) is 9.47 Å². The summed E-state index contributed by atoms with van der Waals surface area (Å²) in [5.74, 6) is 0.752. The van der Waals surface area contributed by atoms with Crippen molar-refractivity contribution in [2.24, 2.45) is 0 Å². The van der Waals surface area contributed by atoms with E-state index < -0.39 is 0 Å². The van der Waals surface area contributed by atoms with Gasteiger partial charge in [0.2, 0.25) is 0 Å². The summed E-state index contributed by atoms with van der Waals surface area (Å²) in [6, 6.07) is 25.3. The predicted molar refractivity (Wildman–Crippen MR) is 174 cm³/mol. The Hall–Kier alpha value is -5.06. The van der Waals surface area contributed by atoms with Crippen LogP contribution in [0.4, 0.5) is 11.4 Å². The quantitative estimate of drug-likeness (QED) is 0.191. The average Bonchev–Trinajstić information content (AvgIpc) is 3.01. The molecule has 3 aromatic carbocycles. The Morgan fingerprint density at radius 1 is 0.568 bits per heavy atom. The minimum atomic E-state index is -0.354. The van der Waals surface area contributed by atoms with Gasteiger partial charge in [0.25, 0.3) is 11.8 Å². The number of aromatic nitrogens is 2. The first kappa shape index (κ1) is 30.4. The van der Waals surface area contributed by atoms with Crippen molar-refractivity contribution in [2.75, 3.05) is 65.1 Å². The summed E-state index contributed by atoms with van der Waals surface area (Å²) in [4.78, 5) is 39.6. The number of nitrogens with zero attached hydrogens (tertiary/aromatic N) is 4. The molecule has 0 spiro atoms. The van der Waals surface area contributed by atoms with Gasteiger partial charge in [-0.05, 0) is 88.9 Å². The van der Waals surface area contributed by atoms with Gasteiger partial charge in [-0.3, -0.25) is 9.59 Å². The molecule has 2 N–H and O–H groups in total. The highest BCUT2D eigenvalue weighted by molar-refractivity contribution is 6.09. The van der Waals surface area contributed by atoms with Crippen molar-refractivity contribution in [1.82, 2.24) is 19.8 Å². The van der Waals surface area contributed by atoms with E-state index in [1.165, 1.54) is 0 Å². The van der Waals surface area contributed by atoms with Gasteiger partial charge < -0.3 is 29.9 Å². The molecule has 0 saturated heterocycles. The van der Waals surface area contributed by atoms with Gasteiger partial charge in [0.15, 0.2) is 0 Å². The van der Waals surface area contributed by atoms with E-state index in [1.807, 2.05) is 86.5 Å². The van der Waals surface area contributed by atoms with Crippen LogP contribution < -0.4 is 20.1 Å². The number of carbonyl (C=O) groups is 2. The lowest BCUT2D eigenvalue weighted by Crippen LogP contribution is -2.19. The molecule has 5 aromatic rings. The van der Waals surface area contributed by atoms with Gasteiger partial charge in [-0.2, -0.15) is 0 Å². The first-order valence-corrected chi connectivity index (χ1v) is 14.3. The molecule has 5 rings (SSSR count). The van der Waals surface area contributed by atoms with Gasteiger partial charge in [-0.25, -0.2) is 9.97 Å². The van der Waals surface area contributed by atoms with Gasteiger partial charge in [0.1, 0.15) is 36.1 Å². The van der Waals surface area contributed by atoms with E-state index in [0.29, 0.717) is 35.6 Å². The molecule has 10 heteroatoms. The molecular weight excluding hydrogens is 556 g/mol. The Kier molecular flexibility index (Phi) is 9.63. The molecule has 0 fully saturated rings. The molecular formula is C34H36N6O4. The first-order valence-electron chi connectivity index (χ1n) is 14.3. The molecule has 0 saturated carbocycles. The number of benzene rings is 3. The number of nitrogens with one attached hydrogen (secondary N) is 2. The van der Waals surface area contributed by atoms with E-state index in [1.54, 1.807) is 36.4 Å². The third-order valence-corrected chi connectivity index (χ3v) is 6.82. The molecule has 2 amide bonds. The van der Waals surface area contributed by atoms with E-state index in [2.05, 4.69) is 20.6 Å². The number of amides is 2. The average molecular weight is 593 g/mol. The molecule has 2 aromatic heterocycles. The van der Waals surface area contributed by atoms with Crippen molar-refractivity contribution in [3.63, 3.8) is 0 Å². The SMILES string of the molecule is CN(C)CCOc1ccc(NC(=O)c2ccc3ccc4ccc(C(=O)Nc5ccc(OCCN(C)C)cc5)nc4c3n2)cc1. The molecule has 0 radical (unpaired) electrons. The van der Waals surface area contributed by atoms with Crippen molar-refractivity contribution in [3.05, 3.63) is 96.3 Å². The number of fused-ring (bicyclic) bond motifs is 3. The molecule has 2 heterocycles. The summed E-state index contributed by atoms with van der Waals surface area (Å²) < 4.78 is 11.5. The highest BCUT2D eigenvalue weighted by Crippen LogP contribution is 2.24. The van der Waals surface area contributed by atoms with Crippen molar-refractivity contribution in [3.8, 4) is 11.5 Å². The van der Waals surface area contributed by atoms with Crippen LogP contribution in [0.5, 0.6) is 11.5 Å². The fourth-order valence-corrected chi connectivity index (χ4v) is 4.37. The molecule has 0 aliphatic rings. The van der Waals surface area contributed by atoms with Crippen molar-refractivity contribution >= 4 is 45.0 Å². The zero-order valence-corrected chi connectivity index (χ0v) is 25.3. The third-order valence-electron chi connectivity index (χ3n) is 6.82. The lowest BCUT2D eigenvalue weighted by molar-refractivity contribution is 0.101. The van der Waals surface area contributed by atoms with Gasteiger partial charge in [-0.15, -0.1) is 0 Å². The minimum Gasteiger partial charge on any atom is -0.492 e. The van der Waals surface area contributed by atoms with E-state index in [0.717, 1.165) is 35.4 Å². The molecule has 226 valence electrons. The standard InChI is InChI=1S/C34H36N6O4/c1-39(2)19-21-43-27-13-9-25(10-14-27)35-33(41)29-17-7-23-5-6-24-8-18-30(38-32(24)31(23)37-29)34(42)36-26-11-15-28(16-12-26)44-22-20-40(3)4/h5-18H,19-22H2,1-4H3,(H,35,41)(H,36,42). The van der Waals surface area contributed by atoms with Crippen LogP contribution in [-0.2, 0) is 0 Å². The summed E-state index contributed by atoms with van der Waals surface area (Å²) in [7, 11) is 7.96. The van der Waals surface area contributed by atoms with Crippen LogP contribution in [0.1, 0.15) is 21.0 Å². The number of anilines is 2. The molecule has 0 aliphatic carbocycles. The van der Waals surface area contributed by atoms with Gasteiger partial charge in [0.05, 0.1) is 11.0 Å². The lowest BCUT2D eigenvalue weighted by atomic mass is 10.1. The Morgan fingerprint density at radius 3 is 1.30 bits per heavy atom. The maximum Gasteiger partial charge on any atom is 0.274 e. The second kappa shape index (κ2) is 13.9. The number of ether oxygens (including phenoxy) is 2. The maximum absolute atomic E-state index is 13.1. The topological polar surface area (TPSA) is 109 Å². The highest BCUT2D eigenvalue weighted by atomic mass is 16.5. The normalized spacial score (nSPS) is 11.2. The largest absolute Gasteiger partial charge is 0.492 e. The fraction of sp³-hybridized carbons (Fsp3) is 0.235. The zero-order chi connectivity index (χ0) is 31.1. The minimum absolute atomic E-state index is 0.237. The van der Waals surface area contributed by atoms with Crippen LogP contribution in [0.3, 0.4) is 0 Å². The van der Waals surface area contributed by atoms with E-state index in [-0.39, 0.29) is 23.2 Å². The summed E-state index contributed by atoms with van der Waals surface area (Å²) in [5, 5.41) is 7.39. The molecule has 0 unspecified atom stereocenters. The number of hydrogen-bond donors (Lipinski definition) is 2. The summed E-state index contributed by atoms with van der Waals surface area (Å²) in [5.41, 5.74) is 2.80. The van der Waals surface area contributed by atoms with Crippen LogP contribution in [0.25, 0.3) is 21.8 Å². The van der Waals surface area contributed by atoms with Crippen molar-refractivity contribution in [1.29, 1.82) is 0 Å². The Morgan fingerprint density at radius 2 is 0.932 bits per heavy atom. The smallest absolute Gasteiger partial charge is 0.274 e. The Labute approximate surface area is 256 Å². The molecule has 0 bridgehead atoms. The van der Waals surface area contributed by atoms with Gasteiger partial charge in [0, 0.05) is 35.2 Å². The lowest BCUT2D eigenvalue weighted by Gasteiger charge is -2.12. The van der Waals surface area contributed by atoms with Crippen LogP contribution in [0.15, 0.2) is 84.9 Å². The van der Waals surface area contributed by atoms with Crippen molar-refractivity contribution in [2.45, 2.75) is 0 Å². The van der Waals surface area contributed by atoms with E-state index in [9.17, 15) is 9.59 Å². The van der Waals surface area contributed by atoms with Crippen LogP contribution in [-0.4, -0.2) is 86.1 Å². The Balaban J connectivity index is 1.30. The van der Waals surface area contributed by atoms with Crippen LogP contribution in [0, 0.1) is 0 Å². The zero-order valence-electron chi connectivity index (χ0n) is 25.3. The summed E-state index contributed by atoms with van der Waals surface area (Å²) in [6.45, 7) is 2.77. The van der Waals surface area contributed by atoms with Gasteiger partial charge >= 0.3 is 0 Å². The molecule has 10 nitrogen and oxygen atoms in total. The number of rotatable bonds is 12. The van der Waals surface area contributed by atoms with Gasteiger partial charge in [-0.1, -0.05) is 24.3 Å². The third kappa shape index (κ3) is 7.85. The van der Waals surface area contributed by atoms with Crippen LogP contribution >= 0.6 is 0 Å². The number of pyridine rings is 2. The van der Waals surface area contributed by atoms with Crippen molar-refractivity contribution < 1.29 is 19.1 Å². The second-order valence-corrected chi connectivity index (χ2v) is 10.9. The molecule has 44 heavy (non-hydrogen) atoms. The number of hydrogen-bond acceptors (Lipinski definition) is 8. The molecule has 0 aliphatic heterocycles. The fourth-order valence-electron chi connectivity index (χ4n) is 4.37. The van der Waals surface area contributed by atoms with E-state index >= 15 is 0 Å².